The molecule has 0 aliphatic heterocycles. The minimum Gasteiger partial charge on any atom is -0.382 e. The molecule has 1 heterocycles. The number of aromatic nitrogens is 1. The van der Waals surface area contributed by atoms with Crippen LogP contribution in [0.4, 0.5) is 5.69 Å². The Labute approximate surface area is 167 Å². The van der Waals surface area contributed by atoms with E-state index >= 15 is 0 Å². The van der Waals surface area contributed by atoms with Gasteiger partial charge in [0.1, 0.15) is 0 Å². The molecule has 1 atom stereocenters. The van der Waals surface area contributed by atoms with Crippen LogP contribution in [0, 0.1) is 0 Å². The number of rotatable bonds is 9. The molecule has 2 aromatic carbocycles. The fourth-order valence-corrected chi connectivity index (χ4v) is 3.56. The van der Waals surface area contributed by atoms with Crippen LogP contribution in [0.25, 0.3) is 10.9 Å². The summed E-state index contributed by atoms with van der Waals surface area (Å²) >= 11 is 6.08. The fourth-order valence-electron chi connectivity index (χ4n) is 3.40. The molecule has 142 valence electrons. The SMILES string of the molecule is CCN(CCCC(C)Nc1ccnc2cc(Cl)ccc12)Cc1ccccc1. The number of nitrogens with one attached hydrogen (secondary N) is 1. The van der Waals surface area contributed by atoms with E-state index in [0.29, 0.717) is 6.04 Å². The Bertz CT molecular complexity index is 851. The highest BCUT2D eigenvalue weighted by Gasteiger charge is 2.08. The van der Waals surface area contributed by atoms with Crippen LogP contribution in [-0.2, 0) is 6.54 Å². The number of benzene rings is 2. The van der Waals surface area contributed by atoms with E-state index in [1.165, 1.54) is 12.0 Å². The zero-order chi connectivity index (χ0) is 19.1. The molecule has 1 aromatic heterocycles. The van der Waals surface area contributed by atoms with Gasteiger partial charge < -0.3 is 5.32 Å². The molecule has 0 fully saturated rings. The Morgan fingerprint density at radius 3 is 2.70 bits per heavy atom. The third kappa shape index (κ3) is 5.69. The monoisotopic (exact) mass is 381 g/mol. The molecule has 0 radical (unpaired) electrons. The lowest BCUT2D eigenvalue weighted by molar-refractivity contribution is 0.272. The van der Waals surface area contributed by atoms with Crippen LogP contribution < -0.4 is 5.32 Å². The standard InChI is InChI=1S/C23H28ClN3/c1-3-27(17-19-9-5-4-6-10-19)15-7-8-18(2)26-22-13-14-25-23-16-20(24)11-12-21(22)23/h4-6,9-14,16,18H,3,7-8,15,17H2,1-2H3,(H,25,26). The zero-order valence-electron chi connectivity index (χ0n) is 16.2. The molecule has 0 spiro atoms. The average molecular weight is 382 g/mol. The van der Waals surface area contributed by atoms with Gasteiger partial charge >= 0.3 is 0 Å². The molecule has 0 saturated carbocycles. The Hall–Kier alpha value is -2.10. The third-order valence-corrected chi connectivity index (χ3v) is 5.15. The highest BCUT2D eigenvalue weighted by molar-refractivity contribution is 6.31. The summed E-state index contributed by atoms with van der Waals surface area (Å²) in [5.41, 5.74) is 3.44. The lowest BCUT2D eigenvalue weighted by Crippen LogP contribution is -2.25. The van der Waals surface area contributed by atoms with Crippen molar-refractivity contribution in [3.8, 4) is 0 Å². The third-order valence-electron chi connectivity index (χ3n) is 4.91. The second kappa shape index (κ2) is 9.72. The normalized spacial score (nSPS) is 12.4. The van der Waals surface area contributed by atoms with Crippen LogP contribution in [0.5, 0.6) is 0 Å². The Morgan fingerprint density at radius 1 is 1.11 bits per heavy atom. The summed E-state index contributed by atoms with van der Waals surface area (Å²) in [4.78, 5) is 6.92. The Balaban J connectivity index is 1.51. The molecular weight excluding hydrogens is 354 g/mol. The number of nitrogens with zero attached hydrogens (tertiary/aromatic N) is 2. The van der Waals surface area contributed by atoms with Crippen molar-refractivity contribution < 1.29 is 0 Å². The van der Waals surface area contributed by atoms with E-state index < -0.39 is 0 Å². The molecule has 3 nitrogen and oxygen atoms in total. The van der Waals surface area contributed by atoms with Gasteiger partial charge in [-0.05, 0) is 62.7 Å². The van der Waals surface area contributed by atoms with Gasteiger partial charge in [0.15, 0.2) is 0 Å². The van der Waals surface area contributed by atoms with Gasteiger partial charge in [0.05, 0.1) is 5.52 Å². The molecule has 1 N–H and O–H groups in total. The second-order valence-electron chi connectivity index (χ2n) is 7.06. The van der Waals surface area contributed by atoms with Gasteiger partial charge in [-0.1, -0.05) is 48.9 Å². The van der Waals surface area contributed by atoms with Crippen LogP contribution >= 0.6 is 11.6 Å². The highest BCUT2D eigenvalue weighted by atomic mass is 35.5. The smallest absolute Gasteiger partial charge is 0.0737 e. The molecule has 3 rings (SSSR count). The largest absolute Gasteiger partial charge is 0.382 e. The maximum Gasteiger partial charge on any atom is 0.0737 e. The first-order chi connectivity index (χ1) is 13.2. The molecule has 27 heavy (non-hydrogen) atoms. The van der Waals surface area contributed by atoms with Gasteiger partial charge in [-0.15, -0.1) is 0 Å². The summed E-state index contributed by atoms with van der Waals surface area (Å²) in [7, 11) is 0. The number of halogens is 1. The van der Waals surface area contributed by atoms with Crippen LogP contribution in [0.1, 0.15) is 32.3 Å². The molecule has 4 heteroatoms. The summed E-state index contributed by atoms with van der Waals surface area (Å²) < 4.78 is 0. The first-order valence-corrected chi connectivity index (χ1v) is 10.1. The van der Waals surface area contributed by atoms with Gasteiger partial charge in [0.2, 0.25) is 0 Å². The minimum absolute atomic E-state index is 0.404. The van der Waals surface area contributed by atoms with Crippen molar-refractivity contribution in [2.75, 3.05) is 18.4 Å². The maximum atomic E-state index is 6.08. The summed E-state index contributed by atoms with van der Waals surface area (Å²) in [6.45, 7) is 7.69. The molecule has 0 bridgehead atoms. The molecule has 0 aliphatic rings. The van der Waals surface area contributed by atoms with Crippen molar-refractivity contribution in [3.05, 3.63) is 71.4 Å². The minimum atomic E-state index is 0.404. The average Bonchev–Trinajstić information content (AvgIpc) is 2.68. The van der Waals surface area contributed by atoms with E-state index in [9.17, 15) is 0 Å². The van der Waals surface area contributed by atoms with Crippen molar-refractivity contribution in [2.24, 2.45) is 0 Å². The van der Waals surface area contributed by atoms with E-state index in [1.807, 2.05) is 30.5 Å². The van der Waals surface area contributed by atoms with E-state index in [4.69, 9.17) is 11.6 Å². The van der Waals surface area contributed by atoms with Gasteiger partial charge in [-0.25, -0.2) is 0 Å². The summed E-state index contributed by atoms with van der Waals surface area (Å²) in [5, 5.41) is 5.48. The molecule has 0 amide bonds. The Kier molecular flexibility index (Phi) is 7.08. The van der Waals surface area contributed by atoms with Gasteiger partial charge in [-0.3, -0.25) is 9.88 Å². The van der Waals surface area contributed by atoms with Crippen LogP contribution in [0.2, 0.25) is 5.02 Å². The molecular formula is C23H28ClN3. The van der Waals surface area contributed by atoms with Crippen molar-refractivity contribution in [3.63, 3.8) is 0 Å². The highest BCUT2D eigenvalue weighted by Crippen LogP contribution is 2.25. The fraction of sp³-hybridized carbons (Fsp3) is 0.348. The first-order valence-electron chi connectivity index (χ1n) is 9.73. The number of pyridine rings is 1. The van der Waals surface area contributed by atoms with E-state index in [2.05, 4.69) is 59.4 Å². The van der Waals surface area contributed by atoms with E-state index in [1.54, 1.807) is 0 Å². The lowest BCUT2D eigenvalue weighted by atomic mass is 10.1. The van der Waals surface area contributed by atoms with Crippen LogP contribution in [0.15, 0.2) is 60.8 Å². The van der Waals surface area contributed by atoms with Crippen molar-refractivity contribution in [1.82, 2.24) is 9.88 Å². The number of anilines is 1. The summed E-state index contributed by atoms with van der Waals surface area (Å²) in [5.74, 6) is 0. The van der Waals surface area contributed by atoms with Gasteiger partial charge in [0.25, 0.3) is 0 Å². The number of hydrogen-bond acceptors (Lipinski definition) is 3. The number of hydrogen-bond donors (Lipinski definition) is 1. The lowest BCUT2D eigenvalue weighted by Gasteiger charge is -2.22. The first kappa shape index (κ1) is 19.7. The van der Waals surface area contributed by atoms with Crippen molar-refractivity contribution in [2.45, 2.75) is 39.3 Å². The second-order valence-corrected chi connectivity index (χ2v) is 7.50. The van der Waals surface area contributed by atoms with Gasteiger partial charge in [0, 0.05) is 34.9 Å². The predicted molar refractivity (Wildman–Crippen MR) is 116 cm³/mol. The number of fused-ring (bicyclic) bond motifs is 1. The van der Waals surface area contributed by atoms with Gasteiger partial charge in [-0.2, -0.15) is 0 Å². The van der Waals surface area contributed by atoms with Crippen molar-refractivity contribution >= 4 is 28.2 Å². The summed E-state index contributed by atoms with van der Waals surface area (Å²) in [6, 6.07) is 19.0. The molecule has 1 unspecified atom stereocenters. The van der Waals surface area contributed by atoms with Crippen LogP contribution in [-0.4, -0.2) is 29.0 Å². The summed E-state index contributed by atoms with van der Waals surface area (Å²) in [6.07, 6.45) is 4.14. The molecule has 0 saturated heterocycles. The quantitative estimate of drug-likeness (QED) is 0.493. The molecule has 3 aromatic rings. The van der Waals surface area contributed by atoms with Crippen LogP contribution in [0.3, 0.4) is 0 Å². The van der Waals surface area contributed by atoms with E-state index in [-0.39, 0.29) is 0 Å². The predicted octanol–water partition coefficient (Wildman–Crippen LogP) is 5.99. The maximum absolute atomic E-state index is 6.08. The van der Waals surface area contributed by atoms with E-state index in [0.717, 1.165) is 47.7 Å². The zero-order valence-corrected chi connectivity index (χ0v) is 16.9. The Morgan fingerprint density at radius 2 is 1.93 bits per heavy atom. The van der Waals surface area contributed by atoms with Crippen molar-refractivity contribution in [1.29, 1.82) is 0 Å². The molecule has 0 aliphatic carbocycles. The topological polar surface area (TPSA) is 28.2 Å².